The Kier molecular flexibility index (Phi) is 7.89. The Bertz CT molecular complexity index is 445. The second-order valence-electron chi connectivity index (χ2n) is 4.51. The van der Waals surface area contributed by atoms with Gasteiger partial charge in [0, 0.05) is 18.8 Å². The van der Waals surface area contributed by atoms with Gasteiger partial charge in [0.2, 0.25) is 0 Å². The van der Waals surface area contributed by atoms with E-state index in [9.17, 15) is 9.59 Å². The molecule has 1 aromatic carbocycles. The summed E-state index contributed by atoms with van der Waals surface area (Å²) in [6, 6.07) is 6.85. The molecule has 0 aliphatic rings. The van der Waals surface area contributed by atoms with Gasteiger partial charge in [-0.1, -0.05) is 13.3 Å². The monoisotopic (exact) mass is 294 g/mol. The molecule has 6 nitrogen and oxygen atoms in total. The Labute approximate surface area is 124 Å². The van der Waals surface area contributed by atoms with E-state index in [1.807, 2.05) is 0 Å². The highest BCUT2D eigenvalue weighted by atomic mass is 16.5. The van der Waals surface area contributed by atoms with Crippen molar-refractivity contribution in [2.24, 2.45) is 0 Å². The number of unbranched alkanes of at least 4 members (excludes halogenated alkanes) is 1. The number of carbonyl (C=O) groups is 2. The van der Waals surface area contributed by atoms with E-state index in [4.69, 9.17) is 9.84 Å². The topological polar surface area (TPSA) is 87.7 Å². The van der Waals surface area contributed by atoms with Crippen LogP contribution in [0.2, 0.25) is 0 Å². The van der Waals surface area contributed by atoms with Crippen LogP contribution in [0.1, 0.15) is 26.2 Å². The van der Waals surface area contributed by atoms with Crippen LogP contribution in [0, 0.1) is 0 Å². The molecule has 0 saturated heterocycles. The Balaban J connectivity index is 2.40. The largest absolute Gasteiger partial charge is 0.494 e. The third-order valence-electron chi connectivity index (χ3n) is 2.71. The minimum atomic E-state index is -0.729. The average molecular weight is 294 g/mol. The highest BCUT2D eigenvalue weighted by Gasteiger charge is 2.12. The van der Waals surface area contributed by atoms with Crippen LogP contribution >= 0.6 is 0 Å². The zero-order valence-electron chi connectivity index (χ0n) is 12.2. The van der Waals surface area contributed by atoms with Gasteiger partial charge in [-0.15, -0.1) is 0 Å². The molecule has 0 spiro atoms. The highest BCUT2D eigenvalue weighted by Crippen LogP contribution is 2.15. The number of amides is 2. The molecule has 0 aliphatic carbocycles. The first-order chi connectivity index (χ1) is 10.2. The Morgan fingerprint density at radius 1 is 1.14 bits per heavy atom. The maximum atomic E-state index is 11.6. The third-order valence-corrected chi connectivity index (χ3v) is 2.71. The molecule has 3 N–H and O–H groups in total. The molecule has 6 heteroatoms. The van der Waals surface area contributed by atoms with Gasteiger partial charge in [-0.25, -0.2) is 0 Å². The maximum absolute atomic E-state index is 11.6. The van der Waals surface area contributed by atoms with E-state index < -0.39 is 11.8 Å². The zero-order valence-corrected chi connectivity index (χ0v) is 12.2. The van der Waals surface area contributed by atoms with Crippen LogP contribution in [0.4, 0.5) is 5.69 Å². The molecular formula is C15H22N2O4. The summed E-state index contributed by atoms with van der Waals surface area (Å²) >= 11 is 0. The molecule has 0 atom stereocenters. The number of hydrogen-bond donors (Lipinski definition) is 3. The molecule has 21 heavy (non-hydrogen) atoms. The van der Waals surface area contributed by atoms with Crippen molar-refractivity contribution in [1.29, 1.82) is 0 Å². The summed E-state index contributed by atoms with van der Waals surface area (Å²) in [6.07, 6.45) is 2.48. The lowest BCUT2D eigenvalue weighted by Crippen LogP contribution is -2.36. The van der Waals surface area contributed by atoms with Gasteiger partial charge >= 0.3 is 11.8 Å². The SMILES string of the molecule is CCCCOc1ccc(NC(=O)C(=O)NCCCO)cc1. The normalized spacial score (nSPS) is 10.0. The fraction of sp³-hybridized carbons (Fsp3) is 0.467. The minimum absolute atomic E-state index is 0.0264. The van der Waals surface area contributed by atoms with Crippen molar-refractivity contribution >= 4 is 17.5 Å². The van der Waals surface area contributed by atoms with Gasteiger partial charge in [0.1, 0.15) is 5.75 Å². The predicted octanol–water partition coefficient (Wildman–Crippen LogP) is 1.30. The van der Waals surface area contributed by atoms with E-state index in [0.717, 1.165) is 18.6 Å². The first-order valence-corrected chi connectivity index (χ1v) is 7.10. The summed E-state index contributed by atoms with van der Waals surface area (Å²) in [7, 11) is 0. The van der Waals surface area contributed by atoms with Crippen molar-refractivity contribution in [3.05, 3.63) is 24.3 Å². The number of nitrogens with one attached hydrogen (secondary N) is 2. The number of rotatable bonds is 8. The van der Waals surface area contributed by atoms with E-state index >= 15 is 0 Å². The van der Waals surface area contributed by atoms with Crippen molar-refractivity contribution in [2.45, 2.75) is 26.2 Å². The van der Waals surface area contributed by atoms with Crippen LogP contribution in [0.15, 0.2) is 24.3 Å². The Hall–Kier alpha value is -2.08. The molecule has 2 amide bonds. The zero-order chi connectivity index (χ0) is 15.5. The van der Waals surface area contributed by atoms with Gasteiger partial charge in [-0.2, -0.15) is 0 Å². The van der Waals surface area contributed by atoms with Gasteiger partial charge in [0.05, 0.1) is 6.61 Å². The molecule has 116 valence electrons. The summed E-state index contributed by atoms with van der Waals surface area (Å²) in [6.45, 7) is 3.00. The van der Waals surface area contributed by atoms with E-state index in [0.29, 0.717) is 18.7 Å². The van der Waals surface area contributed by atoms with E-state index in [-0.39, 0.29) is 13.2 Å². The fourth-order valence-electron chi connectivity index (χ4n) is 1.52. The van der Waals surface area contributed by atoms with Crippen LogP contribution in [0.25, 0.3) is 0 Å². The van der Waals surface area contributed by atoms with Gasteiger partial charge in [0.25, 0.3) is 0 Å². The van der Waals surface area contributed by atoms with Crippen molar-refractivity contribution in [3.63, 3.8) is 0 Å². The molecule has 0 aliphatic heterocycles. The van der Waals surface area contributed by atoms with Crippen molar-refractivity contribution in [3.8, 4) is 5.75 Å². The van der Waals surface area contributed by atoms with E-state index in [1.165, 1.54) is 0 Å². The number of aliphatic hydroxyl groups excluding tert-OH is 1. The molecule has 0 unspecified atom stereocenters. The van der Waals surface area contributed by atoms with Crippen LogP contribution in [-0.4, -0.2) is 36.7 Å². The van der Waals surface area contributed by atoms with Crippen LogP contribution in [0.3, 0.4) is 0 Å². The summed E-state index contributed by atoms with van der Waals surface area (Å²) < 4.78 is 5.50. The average Bonchev–Trinajstić information content (AvgIpc) is 2.49. The third kappa shape index (κ3) is 6.76. The van der Waals surface area contributed by atoms with Gasteiger partial charge in [0.15, 0.2) is 0 Å². The number of hydrogen-bond acceptors (Lipinski definition) is 4. The van der Waals surface area contributed by atoms with Crippen LogP contribution < -0.4 is 15.4 Å². The summed E-state index contributed by atoms with van der Waals surface area (Å²) in [4.78, 5) is 23.0. The number of benzene rings is 1. The lowest BCUT2D eigenvalue weighted by atomic mass is 10.3. The van der Waals surface area contributed by atoms with Crippen molar-refractivity contribution in [1.82, 2.24) is 5.32 Å². The summed E-state index contributed by atoms with van der Waals surface area (Å²) in [5.74, 6) is -0.715. The Morgan fingerprint density at radius 2 is 1.86 bits per heavy atom. The molecule has 0 heterocycles. The van der Waals surface area contributed by atoms with Crippen molar-refractivity contribution in [2.75, 3.05) is 25.1 Å². The second-order valence-corrected chi connectivity index (χ2v) is 4.51. The molecule has 0 radical (unpaired) electrons. The van der Waals surface area contributed by atoms with Gasteiger partial charge < -0.3 is 20.5 Å². The van der Waals surface area contributed by atoms with E-state index in [2.05, 4.69) is 17.6 Å². The molecular weight excluding hydrogens is 272 g/mol. The van der Waals surface area contributed by atoms with Gasteiger partial charge in [-0.05, 0) is 37.1 Å². The lowest BCUT2D eigenvalue weighted by Gasteiger charge is -2.08. The first kappa shape index (κ1) is 17.0. The second kappa shape index (κ2) is 9.77. The van der Waals surface area contributed by atoms with E-state index in [1.54, 1.807) is 24.3 Å². The molecule has 0 aromatic heterocycles. The maximum Gasteiger partial charge on any atom is 0.313 e. The number of anilines is 1. The Morgan fingerprint density at radius 3 is 2.48 bits per heavy atom. The standard InChI is InChI=1S/C15H22N2O4/c1-2-3-11-21-13-7-5-12(6-8-13)17-15(20)14(19)16-9-4-10-18/h5-8,18H,2-4,9-11H2,1H3,(H,16,19)(H,17,20). The molecule has 1 rings (SSSR count). The fourth-order valence-corrected chi connectivity index (χ4v) is 1.52. The van der Waals surface area contributed by atoms with Gasteiger partial charge in [-0.3, -0.25) is 9.59 Å². The van der Waals surface area contributed by atoms with Crippen LogP contribution in [0.5, 0.6) is 5.75 Å². The summed E-state index contributed by atoms with van der Waals surface area (Å²) in [5.41, 5.74) is 0.528. The van der Waals surface area contributed by atoms with Crippen LogP contribution in [-0.2, 0) is 9.59 Å². The molecule has 1 aromatic rings. The first-order valence-electron chi connectivity index (χ1n) is 7.10. The highest BCUT2D eigenvalue weighted by molar-refractivity contribution is 6.39. The minimum Gasteiger partial charge on any atom is -0.494 e. The smallest absolute Gasteiger partial charge is 0.313 e. The summed E-state index contributed by atoms with van der Waals surface area (Å²) in [5, 5.41) is 13.5. The van der Waals surface area contributed by atoms with Crippen molar-refractivity contribution < 1.29 is 19.4 Å². The number of ether oxygens (including phenoxy) is 1. The molecule has 0 fully saturated rings. The number of aliphatic hydroxyl groups is 1. The molecule has 0 bridgehead atoms. The quantitative estimate of drug-likeness (QED) is 0.498. The number of carbonyl (C=O) groups excluding carboxylic acids is 2. The predicted molar refractivity (Wildman–Crippen MR) is 80.2 cm³/mol. The molecule has 0 saturated carbocycles. The lowest BCUT2D eigenvalue weighted by molar-refractivity contribution is -0.136.